The van der Waals surface area contributed by atoms with Crippen LogP contribution in [-0.4, -0.2) is 9.55 Å². The van der Waals surface area contributed by atoms with Crippen molar-refractivity contribution < 1.29 is 0 Å². The molecule has 0 amide bonds. The Morgan fingerprint density at radius 1 is 1.17 bits per heavy atom. The summed E-state index contributed by atoms with van der Waals surface area (Å²) in [7, 11) is 0. The first-order chi connectivity index (χ1) is 8.77. The van der Waals surface area contributed by atoms with Crippen LogP contribution in [0.4, 0.5) is 5.82 Å². The van der Waals surface area contributed by atoms with Gasteiger partial charge in [-0.25, -0.2) is 4.98 Å². The van der Waals surface area contributed by atoms with E-state index in [9.17, 15) is 0 Å². The van der Waals surface area contributed by atoms with Gasteiger partial charge in [-0.1, -0.05) is 50.6 Å². The Morgan fingerprint density at radius 3 is 2.50 bits per heavy atom. The minimum Gasteiger partial charge on any atom is -0.384 e. The number of nitrogen functional groups attached to an aromatic ring is 1. The van der Waals surface area contributed by atoms with Crippen molar-refractivity contribution in [2.75, 3.05) is 5.73 Å². The number of imidazole rings is 1. The maximum Gasteiger partial charge on any atom is 0.141 e. The van der Waals surface area contributed by atoms with Gasteiger partial charge in [-0.05, 0) is 12.8 Å². The average molecular weight is 243 g/mol. The van der Waals surface area contributed by atoms with Crippen molar-refractivity contribution in [3.05, 3.63) is 36.0 Å². The summed E-state index contributed by atoms with van der Waals surface area (Å²) in [6.45, 7) is 5.23. The molecule has 3 heteroatoms. The highest BCUT2D eigenvalue weighted by Crippen LogP contribution is 2.25. The SMILES string of the molecule is CCCCn1c(-c2ccccc2)nc(CC)c1N. The maximum atomic E-state index is 6.19. The molecule has 18 heavy (non-hydrogen) atoms. The lowest BCUT2D eigenvalue weighted by Crippen LogP contribution is -2.05. The van der Waals surface area contributed by atoms with Gasteiger partial charge in [0.15, 0.2) is 0 Å². The molecule has 96 valence electrons. The van der Waals surface area contributed by atoms with Crippen LogP contribution in [0.2, 0.25) is 0 Å². The van der Waals surface area contributed by atoms with E-state index in [1.54, 1.807) is 0 Å². The normalized spacial score (nSPS) is 10.8. The van der Waals surface area contributed by atoms with Gasteiger partial charge in [0.25, 0.3) is 0 Å². The first kappa shape index (κ1) is 12.7. The molecule has 0 saturated carbocycles. The molecule has 0 bridgehead atoms. The number of hydrogen-bond donors (Lipinski definition) is 1. The fourth-order valence-corrected chi connectivity index (χ4v) is 2.13. The van der Waals surface area contributed by atoms with Crippen LogP contribution in [-0.2, 0) is 13.0 Å². The Kier molecular flexibility index (Phi) is 4.03. The summed E-state index contributed by atoms with van der Waals surface area (Å²) in [5.74, 6) is 1.82. The topological polar surface area (TPSA) is 43.8 Å². The van der Waals surface area contributed by atoms with Gasteiger partial charge in [0.2, 0.25) is 0 Å². The van der Waals surface area contributed by atoms with Gasteiger partial charge in [-0.3, -0.25) is 0 Å². The van der Waals surface area contributed by atoms with Crippen molar-refractivity contribution in [1.29, 1.82) is 0 Å². The van der Waals surface area contributed by atoms with E-state index < -0.39 is 0 Å². The summed E-state index contributed by atoms with van der Waals surface area (Å²) in [5, 5.41) is 0. The smallest absolute Gasteiger partial charge is 0.141 e. The lowest BCUT2D eigenvalue weighted by atomic mass is 10.2. The highest BCUT2D eigenvalue weighted by molar-refractivity contribution is 5.60. The molecular formula is C15H21N3. The molecule has 0 aliphatic carbocycles. The summed E-state index contributed by atoms with van der Waals surface area (Å²) < 4.78 is 2.15. The van der Waals surface area contributed by atoms with Crippen molar-refractivity contribution in [3.8, 4) is 11.4 Å². The van der Waals surface area contributed by atoms with Gasteiger partial charge < -0.3 is 10.3 Å². The second-order valence-electron chi connectivity index (χ2n) is 4.49. The predicted octanol–water partition coefficient (Wildman–Crippen LogP) is 3.49. The van der Waals surface area contributed by atoms with Crippen molar-refractivity contribution in [1.82, 2.24) is 9.55 Å². The number of benzene rings is 1. The van der Waals surface area contributed by atoms with Crippen molar-refractivity contribution in [3.63, 3.8) is 0 Å². The van der Waals surface area contributed by atoms with Gasteiger partial charge in [-0.2, -0.15) is 0 Å². The van der Waals surface area contributed by atoms with Crippen molar-refractivity contribution >= 4 is 5.82 Å². The summed E-state index contributed by atoms with van der Waals surface area (Å²) >= 11 is 0. The lowest BCUT2D eigenvalue weighted by molar-refractivity contribution is 0.642. The molecule has 0 radical (unpaired) electrons. The van der Waals surface area contributed by atoms with Crippen LogP contribution < -0.4 is 5.73 Å². The molecule has 0 fully saturated rings. The molecule has 0 spiro atoms. The summed E-state index contributed by atoms with van der Waals surface area (Å²) in [4.78, 5) is 4.69. The zero-order valence-electron chi connectivity index (χ0n) is 11.2. The van der Waals surface area contributed by atoms with Gasteiger partial charge in [0, 0.05) is 12.1 Å². The third kappa shape index (κ3) is 2.40. The second-order valence-corrected chi connectivity index (χ2v) is 4.49. The van der Waals surface area contributed by atoms with Gasteiger partial charge in [-0.15, -0.1) is 0 Å². The zero-order valence-corrected chi connectivity index (χ0v) is 11.2. The van der Waals surface area contributed by atoms with E-state index >= 15 is 0 Å². The molecule has 0 aliphatic rings. The lowest BCUT2D eigenvalue weighted by Gasteiger charge is -2.09. The maximum absolute atomic E-state index is 6.19. The number of aromatic nitrogens is 2. The standard InChI is InChI=1S/C15H21N3/c1-3-5-11-18-14(16)13(4-2)17-15(18)12-9-7-6-8-10-12/h6-10H,3-5,11,16H2,1-2H3. The summed E-state index contributed by atoms with van der Waals surface area (Å²) in [6, 6.07) is 10.3. The molecular weight excluding hydrogens is 222 g/mol. The quantitative estimate of drug-likeness (QED) is 0.873. The van der Waals surface area contributed by atoms with E-state index in [1.165, 1.54) is 0 Å². The van der Waals surface area contributed by atoms with E-state index in [-0.39, 0.29) is 0 Å². The third-order valence-corrected chi connectivity index (χ3v) is 3.19. The highest BCUT2D eigenvalue weighted by atomic mass is 15.1. The molecule has 0 aliphatic heterocycles. The summed E-state index contributed by atoms with van der Waals surface area (Å²) in [5.41, 5.74) is 8.34. The van der Waals surface area contributed by atoms with Crippen LogP contribution in [0.25, 0.3) is 11.4 Å². The van der Waals surface area contributed by atoms with E-state index in [0.717, 1.165) is 48.7 Å². The molecule has 0 atom stereocenters. The minimum absolute atomic E-state index is 0.824. The molecule has 1 aromatic carbocycles. The molecule has 0 unspecified atom stereocenters. The number of rotatable bonds is 5. The average Bonchev–Trinajstić information content (AvgIpc) is 2.74. The first-order valence-electron chi connectivity index (χ1n) is 6.68. The van der Waals surface area contributed by atoms with Crippen LogP contribution in [0, 0.1) is 0 Å². The molecule has 2 N–H and O–H groups in total. The van der Waals surface area contributed by atoms with E-state index in [4.69, 9.17) is 5.73 Å². The number of nitrogens with two attached hydrogens (primary N) is 1. The van der Waals surface area contributed by atoms with Crippen LogP contribution in [0.1, 0.15) is 32.4 Å². The number of unbranched alkanes of at least 4 members (excludes halogenated alkanes) is 1. The van der Waals surface area contributed by atoms with Crippen LogP contribution in [0.3, 0.4) is 0 Å². The molecule has 1 heterocycles. The van der Waals surface area contributed by atoms with E-state index in [0.29, 0.717) is 0 Å². The van der Waals surface area contributed by atoms with Crippen molar-refractivity contribution in [2.24, 2.45) is 0 Å². The van der Waals surface area contributed by atoms with Crippen LogP contribution >= 0.6 is 0 Å². The highest BCUT2D eigenvalue weighted by Gasteiger charge is 2.14. The van der Waals surface area contributed by atoms with Gasteiger partial charge >= 0.3 is 0 Å². The zero-order chi connectivity index (χ0) is 13.0. The number of hydrogen-bond acceptors (Lipinski definition) is 2. The Bertz CT molecular complexity index is 500. The van der Waals surface area contributed by atoms with Gasteiger partial charge in [0.1, 0.15) is 11.6 Å². The monoisotopic (exact) mass is 243 g/mol. The predicted molar refractivity (Wildman–Crippen MR) is 76.4 cm³/mol. The minimum atomic E-state index is 0.824. The van der Waals surface area contributed by atoms with Crippen molar-refractivity contribution in [2.45, 2.75) is 39.7 Å². The number of nitrogens with zero attached hydrogens (tertiary/aromatic N) is 2. The van der Waals surface area contributed by atoms with Crippen LogP contribution in [0.5, 0.6) is 0 Å². The summed E-state index contributed by atoms with van der Waals surface area (Å²) in [6.07, 6.45) is 3.17. The fourth-order valence-electron chi connectivity index (χ4n) is 2.13. The molecule has 3 nitrogen and oxygen atoms in total. The van der Waals surface area contributed by atoms with E-state index in [2.05, 4.69) is 35.5 Å². The molecule has 0 saturated heterocycles. The Labute approximate surface area is 109 Å². The Hall–Kier alpha value is -1.77. The van der Waals surface area contributed by atoms with Gasteiger partial charge in [0.05, 0.1) is 5.69 Å². The largest absolute Gasteiger partial charge is 0.384 e. The van der Waals surface area contributed by atoms with Crippen LogP contribution in [0.15, 0.2) is 30.3 Å². The molecule has 2 aromatic rings. The third-order valence-electron chi connectivity index (χ3n) is 3.19. The second kappa shape index (κ2) is 5.71. The molecule has 2 rings (SSSR count). The number of anilines is 1. The number of aryl methyl sites for hydroxylation is 1. The van der Waals surface area contributed by atoms with E-state index in [1.807, 2.05) is 18.2 Å². The Morgan fingerprint density at radius 2 is 1.89 bits per heavy atom. The molecule has 1 aromatic heterocycles. The Balaban J connectivity index is 2.45. The fraction of sp³-hybridized carbons (Fsp3) is 0.400. The first-order valence-corrected chi connectivity index (χ1v) is 6.68.